The molecule has 2 aromatic rings. The van der Waals surface area contributed by atoms with Crippen LogP contribution in [0.4, 0.5) is 4.79 Å². The second-order valence-corrected chi connectivity index (χ2v) is 5.79. The summed E-state index contributed by atoms with van der Waals surface area (Å²) >= 11 is 5.88. The molecule has 2 rings (SSSR count). The van der Waals surface area contributed by atoms with E-state index in [0.29, 0.717) is 11.6 Å². The van der Waals surface area contributed by atoms with Crippen LogP contribution < -0.4 is 16.0 Å². The van der Waals surface area contributed by atoms with Gasteiger partial charge in [0.2, 0.25) is 0 Å². The van der Waals surface area contributed by atoms with Crippen molar-refractivity contribution in [1.82, 2.24) is 10.6 Å². The van der Waals surface area contributed by atoms with Crippen molar-refractivity contribution in [3.05, 3.63) is 70.7 Å². The number of urea groups is 1. The van der Waals surface area contributed by atoms with E-state index in [0.717, 1.165) is 17.5 Å². The number of imide groups is 1. The van der Waals surface area contributed by atoms with E-state index >= 15 is 0 Å². The van der Waals surface area contributed by atoms with Crippen LogP contribution >= 0.6 is 11.6 Å². The molecule has 2 aromatic carbocycles. The normalized spacial score (nSPS) is 11.6. The Kier molecular flexibility index (Phi) is 6.78. The summed E-state index contributed by atoms with van der Waals surface area (Å²) in [5, 5.41) is 7.38. The standard InChI is InChI=1S/C18H20ClN3O2/c1-20-18(24)22-17(23)16(14-5-3-2-4-6-14)21-12-11-13-7-9-15(19)10-8-13/h2-10,16,21H,11-12H2,1H3,(H2,20,22,23,24)/p+1/t16-/m1/s1. The monoisotopic (exact) mass is 346 g/mol. The van der Waals surface area contributed by atoms with Crippen molar-refractivity contribution in [3.8, 4) is 0 Å². The molecule has 0 spiro atoms. The lowest BCUT2D eigenvalue weighted by atomic mass is 10.1. The van der Waals surface area contributed by atoms with Crippen molar-refractivity contribution >= 4 is 23.5 Å². The molecule has 0 saturated carbocycles. The molecule has 5 nitrogen and oxygen atoms in total. The average molecular weight is 347 g/mol. The van der Waals surface area contributed by atoms with Gasteiger partial charge in [0, 0.05) is 24.1 Å². The molecule has 0 aliphatic carbocycles. The van der Waals surface area contributed by atoms with Gasteiger partial charge in [-0.2, -0.15) is 0 Å². The van der Waals surface area contributed by atoms with E-state index in [2.05, 4.69) is 10.6 Å². The molecule has 6 heteroatoms. The van der Waals surface area contributed by atoms with Crippen molar-refractivity contribution in [3.63, 3.8) is 0 Å². The Labute approximate surface area is 146 Å². The van der Waals surface area contributed by atoms with Crippen LogP contribution in [0.3, 0.4) is 0 Å². The molecule has 0 aliphatic rings. The fourth-order valence-electron chi connectivity index (χ4n) is 2.37. The summed E-state index contributed by atoms with van der Waals surface area (Å²) in [5.41, 5.74) is 2.00. The number of halogens is 1. The number of rotatable bonds is 6. The molecule has 126 valence electrons. The summed E-state index contributed by atoms with van der Waals surface area (Å²) in [6, 6.07) is 16.1. The van der Waals surface area contributed by atoms with E-state index in [9.17, 15) is 9.59 Å². The maximum Gasteiger partial charge on any atom is 0.321 e. The van der Waals surface area contributed by atoms with Gasteiger partial charge in [-0.05, 0) is 17.7 Å². The van der Waals surface area contributed by atoms with Crippen LogP contribution in [0.1, 0.15) is 17.2 Å². The van der Waals surface area contributed by atoms with Gasteiger partial charge in [0.25, 0.3) is 5.91 Å². The second kappa shape index (κ2) is 9.05. The number of hydrogen-bond acceptors (Lipinski definition) is 2. The number of hydrogen-bond donors (Lipinski definition) is 3. The number of carbonyl (C=O) groups is 2. The molecule has 0 radical (unpaired) electrons. The van der Waals surface area contributed by atoms with Crippen molar-refractivity contribution in [2.75, 3.05) is 13.6 Å². The van der Waals surface area contributed by atoms with Crippen molar-refractivity contribution in [2.24, 2.45) is 0 Å². The van der Waals surface area contributed by atoms with Crippen LogP contribution in [0, 0.1) is 0 Å². The van der Waals surface area contributed by atoms with Crippen LogP contribution in [0.25, 0.3) is 0 Å². The Bertz CT molecular complexity index is 674. The van der Waals surface area contributed by atoms with E-state index in [1.807, 2.05) is 59.9 Å². The fraction of sp³-hybridized carbons (Fsp3) is 0.222. The van der Waals surface area contributed by atoms with E-state index in [4.69, 9.17) is 11.6 Å². The molecule has 0 saturated heterocycles. The van der Waals surface area contributed by atoms with Crippen molar-refractivity contribution in [2.45, 2.75) is 12.5 Å². The zero-order valence-corrected chi connectivity index (χ0v) is 14.2. The first-order valence-electron chi connectivity index (χ1n) is 7.75. The lowest BCUT2D eigenvalue weighted by Gasteiger charge is -2.15. The predicted octanol–water partition coefficient (Wildman–Crippen LogP) is 1.64. The highest BCUT2D eigenvalue weighted by Crippen LogP contribution is 2.10. The van der Waals surface area contributed by atoms with Gasteiger partial charge in [0.15, 0.2) is 6.04 Å². The summed E-state index contributed by atoms with van der Waals surface area (Å²) in [6.07, 6.45) is 0.799. The molecule has 0 aliphatic heterocycles. The Morgan fingerprint density at radius 3 is 2.38 bits per heavy atom. The van der Waals surface area contributed by atoms with Gasteiger partial charge in [-0.25, -0.2) is 4.79 Å². The third kappa shape index (κ3) is 5.37. The molecule has 0 heterocycles. The number of nitrogens with one attached hydrogen (secondary N) is 2. The lowest BCUT2D eigenvalue weighted by molar-refractivity contribution is -0.682. The van der Waals surface area contributed by atoms with Crippen LogP contribution in [-0.2, 0) is 11.2 Å². The molecule has 1 atom stereocenters. The summed E-state index contributed by atoms with van der Waals surface area (Å²) in [5.74, 6) is -0.336. The number of quaternary nitrogens is 1. The van der Waals surface area contributed by atoms with E-state index in [1.54, 1.807) is 0 Å². The summed E-state index contributed by atoms with van der Waals surface area (Å²) in [6.45, 7) is 0.711. The summed E-state index contributed by atoms with van der Waals surface area (Å²) in [7, 11) is 1.48. The van der Waals surface area contributed by atoms with Crippen LogP contribution in [0.2, 0.25) is 5.02 Å². The van der Waals surface area contributed by atoms with Gasteiger partial charge in [0.1, 0.15) is 0 Å². The molecule has 24 heavy (non-hydrogen) atoms. The fourth-order valence-corrected chi connectivity index (χ4v) is 2.50. The van der Waals surface area contributed by atoms with E-state index in [1.165, 1.54) is 7.05 Å². The van der Waals surface area contributed by atoms with Crippen LogP contribution in [0.5, 0.6) is 0 Å². The number of benzene rings is 2. The number of carbonyl (C=O) groups excluding carboxylic acids is 2. The Balaban J connectivity index is 2.01. The average Bonchev–Trinajstić information content (AvgIpc) is 2.60. The quantitative estimate of drug-likeness (QED) is 0.744. The third-order valence-electron chi connectivity index (χ3n) is 3.65. The van der Waals surface area contributed by atoms with Crippen molar-refractivity contribution < 1.29 is 14.9 Å². The first-order valence-corrected chi connectivity index (χ1v) is 8.13. The molecule has 4 N–H and O–H groups in total. The topological polar surface area (TPSA) is 74.8 Å². The first-order chi connectivity index (χ1) is 11.6. The minimum atomic E-state index is -0.507. The van der Waals surface area contributed by atoms with Gasteiger partial charge < -0.3 is 10.6 Å². The zero-order valence-electron chi connectivity index (χ0n) is 13.5. The highest BCUT2D eigenvalue weighted by molar-refractivity contribution is 6.30. The molecular weight excluding hydrogens is 326 g/mol. The first kappa shape index (κ1) is 18.0. The smallest absolute Gasteiger partial charge is 0.321 e. The molecule has 3 amide bonds. The summed E-state index contributed by atoms with van der Waals surface area (Å²) < 4.78 is 0. The molecule has 0 fully saturated rings. The maximum absolute atomic E-state index is 12.4. The highest BCUT2D eigenvalue weighted by atomic mass is 35.5. The van der Waals surface area contributed by atoms with E-state index in [-0.39, 0.29) is 5.91 Å². The van der Waals surface area contributed by atoms with Gasteiger partial charge >= 0.3 is 6.03 Å². The largest absolute Gasteiger partial charge is 0.341 e. The van der Waals surface area contributed by atoms with Crippen molar-refractivity contribution in [1.29, 1.82) is 0 Å². The molecular formula is C18H21ClN3O2+. The highest BCUT2D eigenvalue weighted by Gasteiger charge is 2.25. The number of nitrogens with two attached hydrogens (primary N) is 1. The van der Waals surface area contributed by atoms with Crippen LogP contribution in [0.15, 0.2) is 54.6 Å². The molecule has 0 bridgehead atoms. The van der Waals surface area contributed by atoms with Gasteiger partial charge in [0.05, 0.1) is 6.54 Å². The Morgan fingerprint density at radius 1 is 1.08 bits per heavy atom. The number of amides is 3. The minimum absolute atomic E-state index is 0.336. The lowest BCUT2D eigenvalue weighted by Crippen LogP contribution is -2.88. The third-order valence-corrected chi connectivity index (χ3v) is 3.91. The predicted molar refractivity (Wildman–Crippen MR) is 93.7 cm³/mol. The van der Waals surface area contributed by atoms with E-state index < -0.39 is 12.1 Å². The minimum Gasteiger partial charge on any atom is -0.341 e. The molecule has 0 aromatic heterocycles. The Hall–Kier alpha value is -2.37. The van der Waals surface area contributed by atoms with Crippen LogP contribution in [-0.4, -0.2) is 25.5 Å². The Morgan fingerprint density at radius 2 is 1.75 bits per heavy atom. The van der Waals surface area contributed by atoms with Gasteiger partial charge in [-0.15, -0.1) is 0 Å². The van der Waals surface area contributed by atoms with Gasteiger partial charge in [-0.3, -0.25) is 10.1 Å². The van der Waals surface area contributed by atoms with Gasteiger partial charge in [-0.1, -0.05) is 54.1 Å². The SMILES string of the molecule is CNC(=O)NC(=O)[C@H]([NH2+]CCc1ccc(Cl)cc1)c1ccccc1. The summed E-state index contributed by atoms with van der Waals surface area (Å²) in [4.78, 5) is 23.8. The zero-order chi connectivity index (χ0) is 17.4. The maximum atomic E-state index is 12.4. The molecule has 0 unspecified atom stereocenters. The second-order valence-electron chi connectivity index (χ2n) is 5.36.